The average Bonchev–Trinajstić information content (AvgIpc) is 2.71. The van der Waals surface area contributed by atoms with E-state index < -0.39 is 91.2 Å². The normalized spacial score (nSPS) is 47.0. The van der Waals surface area contributed by atoms with Crippen molar-refractivity contribution in [3.05, 3.63) is 0 Å². The Kier molecular flexibility index (Phi) is 7.77. The number of Topliss-reactive ketones (excluding diaryl/α,β-unsaturated/α-hetero) is 1. The van der Waals surface area contributed by atoms with Crippen LogP contribution < -0.4 is 11.5 Å². The first-order valence-electron chi connectivity index (χ1n) is 9.53. The van der Waals surface area contributed by atoms with Gasteiger partial charge in [-0.2, -0.15) is 0 Å². The third-order valence-corrected chi connectivity index (χ3v) is 5.89. The molecule has 0 aliphatic carbocycles. The fourth-order valence-corrected chi connectivity index (χ4v) is 3.99. The molecule has 0 bridgehead atoms. The van der Waals surface area contributed by atoms with Gasteiger partial charge in [-0.3, -0.25) is 4.79 Å². The van der Waals surface area contributed by atoms with Gasteiger partial charge in [-0.1, -0.05) is 0 Å². The number of ketones is 1. The van der Waals surface area contributed by atoms with Gasteiger partial charge in [0.2, 0.25) is 0 Å². The van der Waals surface area contributed by atoms with Crippen molar-refractivity contribution >= 4 is 11.8 Å². The Morgan fingerprint density at radius 3 is 2.13 bits per heavy atom. The zero-order valence-corrected chi connectivity index (χ0v) is 16.9. The molecule has 2 unspecified atom stereocenters. The van der Waals surface area contributed by atoms with E-state index in [9.17, 15) is 40.2 Å². The topological polar surface area (TPSA) is 255 Å². The van der Waals surface area contributed by atoms with Crippen LogP contribution in [-0.4, -0.2) is 127 Å². The third kappa shape index (κ3) is 4.09. The van der Waals surface area contributed by atoms with Crippen molar-refractivity contribution in [3.63, 3.8) is 0 Å². The largest absolute Gasteiger partial charge is 0.479 e. The van der Waals surface area contributed by atoms with Crippen LogP contribution in [0.5, 0.6) is 0 Å². The number of hydrogen-bond donors (Lipinski definition) is 9. The lowest BCUT2D eigenvalue weighted by atomic mass is 9.68. The fraction of sp³-hybridized carbons (Fsp3) is 0.882. The summed E-state index contributed by atoms with van der Waals surface area (Å²) < 4.78 is 16.0. The minimum Gasteiger partial charge on any atom is -0.479 e. The van der Waals surface area contributed by atoms with Crippen LogP contribution in [0.15, 0.2) is 0 Å². The zero-order valence-electron chi connectivity index (χ0n) is 16.9. The molecule has 0 aromatic heterocycles. The van der Waals surface area contributed by atoms with Crippen molar-refractivity contribution in [2.75, 3.05) is 13.2 Å². The first-order chi connectivity index (χ1) is 14.3. The van der Waals surface area contributed by atoms with Crippen molar-refractivity contribution in [2.24, 2.45) is 11.5 Å². The lowest BCUT2D eigenvalue weighted by Gasteiger charge is -2.58. The molecule has 2 saturated heterocycles. The number of aliphatic hydroxyl groups is 6. The number of carboxylic acids is 1. The smallest absolute Gasteiger partial charge is 0.332 e. The number of rotatable bonds is 7. The van der Waals surface area contributed by atoms with Gasteiger partial charge in [0, 0.05) is 6.92 Å². The molecule has 2 fully saturated rings. The number of nitrogens with two attached hydrogens (primary N) is 2. The lowest BCUT2D eigenvalue weighted by Crippen LogP contribution is -2.87. The first-order valence-corrected chi connectivity index (χ1v) is 9.53. The molecular formula is C17H30N2O12. The second kappa shape index (κ2) is 9.29. The molecular weight excluding hydrogens is 424 g/mol. The van der Waals surface area contributed by atoms with Gasteiger partial charge < -0.3 is 61.4 Å². The van der Waals surface area contributed by atoms with Crippen molar-refractivity contribution in [1.29, 1.82) is 0 Å². The molecule has 14 nitrogen and oxygen atoms in total. The molecule has 0 saturated carbocycles. The van der Waals surface area contributed by atoms with Crippen LogP contribution in [0.4, 0.5) is 0 Å². The summed E-state index contributed by atoms with van der Waals surface area (Å²) in [6.07, 6.45) is -13.6. The van der Waals surface area contributed by atoms with E-state index in [0.29, 0.717) is 0 Å². The Balaban J connectivity index is 2.57. The summed E-state index contributed by atoms with van der Waals surface area (Å²) in [4.78, 5) is 23.5. The van der Waals surface area contributed by atoms with E-state index in [4.69, 9.17) is 30.8 Å². The Bertz CT molecular complexity index is 681. The Morgan fingerprint density at radius 2 is 1.68 bits per heavy atom. The van der Waals surface area contributed by atoms with Gasteiger partial charge in [0.15, 0.2) is 11.9 Å². The van der Waals surface area contributed by atoms with Gasteiger partial charge in [0.1, 0.15) is 48.3 Å². The second-order valence-corrected chi connectivity index (χ2v) is 7.83. The Labute approximate surface area is 176 Å². The first kappa shape index (κ1) is 26.0. The van der Waals surface area contributed by atoms with Gasteiger partial charge in [-0.15, -0.1) is 0 Å². The predicted octanol–water partition coefficient (Wildman–Crippen LogP) is -5.62. The van der Waals surface area contributed by atoms with E-state index >= 15 is 0 Å². The van der Waals surface area contributed by atoms with Crippen LogP contribution in [-0.2, 0) is 23.8 Å². The molecule has 31 heavy (non-hydrogen) atoms. The molecule has 0 aromatic carbocycles. The maximum atomic E-state index is 12.3. The minimum atomic E-state index is -3.04. The molecule has 14 heteroatoms. The predicted molar refractivity (Wildman–Crippen MR) is 98.2 cm³/mol. The number of ether oxygens (including phenoxy) is 3. The highest BCUT2D eigenvalue weighted by Gasteiger charge is 2.70. The van der Waals surface area contributed by atoms with E-state index in [0.717, 1.165) is 13.8 Å². The number of carbonyl (C=O) groups is 2. The third-order valence-electron chi connectivity index (χ3n) is 5.89. The summed E-state index contributed by atoms with van der Waals surface area (Å²) in [5, 5.41) is 70.6. The van der Waals surface area contributed by atoms with Crippen LogP contribution in [0, 0.1) is 0 Å². The summed E-state index contributed by atoms with van der Waals surface area (Å²) in [6.45, 7) is 0.298. The van der Waals surface area contributed by atoms with Crippen molar-refractivity contribution in [3.8, 4) is 0 Å². The van der Waals surface area contributed by atoms with Gasteiger partial charge in [-0.25, -0.2) is 4.79 Å². The molecule has 0 amide bonds. The number of hydrogen-bond acceptors (Lipinski definition) is 13. The van der Waals surface area contributed by atoms with Crippen LogP contribution >= 0.6 is 0 Å². The van der Waals surface area contributed by atoms with E-state index in [1.165, 1.54) is 0 Å². The summed E-state index contributed by atoms with van der Waals surface area (Å²) in [5.74, 6) is -5.56. The van der Waals surface area contributed by atoms with E-state index in [-0.39, 0.29) is 0 Å². The maximum Gasteiger partial charge on any atom is 0.332 e. The highest BCUT2D eigenvalue weighted by atomic mass is 16.7. The fourth-order valence-electron chi connectivity index (χ4n) is 3.99. The standard InChI is InChI=1S/C17H30N2O12/c1-5(15(26)27)29-12-9(18)14(30-7(3-20)10(12)23)16(19)13(25)11(24)8(4-21)31-17(16,28)6(2)22/h5,7-14,20-21,23-25,28H,3-4,18-19H2,1-2H3,(H,26,27)/t5-,7-,8-,9-,10-,11-,12-,13+,14?,16+,17?/m1/s1. The van der Waals surface area contributed by atoms with Gasteiger partial charge >= 0.3 is 5.97 Å². The highest BCUT2D eigenvalue weighted by molar-refractivity contribution is 5.85. The van der Waals surface area contributed by atoms with Crippen molar-refractivity contribution in [1.82, 2.24) is 0 Å². The average molecular weight is 454 g/mol. The van der Waals surface area contributed by atoms with Crippen LogP contribution in [0.2, 0.25) is 0 Å². The molecule has 0 aromatic rings. The van der Waals surface area contributed by atoms with Crippen molar-refractivity contribution in [2.45, 2.75) is 80.0 Å². The second-order valence-electron chi connectivity index (χ2n) is 7.83. The minimum absolute atomic E-state index is 0.834. The molecule has 2 heterocycles. The van der Waals surface area contributed by atoms with Gasteiger partial charge in [0.25, 0.3) is 5.79 Å². The molecule has 180 valence electrons. The number of carbonyl (C=O) groups excluding carboxylic acids is 1. The van der Waals surface area contributed by atoms with Crippen molar-refractivity contribution < 1.29 is 59.5 Å². The van der Waals surface area contributed by atoms with Crippen LogP contribution in [0.3, 0.4) is 0 Å². The number of carboxylic acid groups (broad SMARTS) is 1. The molecule has 2 aliphatic rings. The quantitative estimate of drug-likeness (QED) is 0.174. The SMILES string of the molecule is CC(=O)C1(O)O[C@H](CO)[C@@H](O)[C@H](O)[C@]1(N)C1O[C@H](CO)[C@@H](O)[C@H](O[C@H](C)C(=O)O)[C@H]1N. The van der Waals surface area contributed by atoms with Gasteiger partial charge in [-0.05, 0) is 6.92 Å². The number of aliphatic carboxylic acids is 1. The Hall–Kier alpha value is -1.30. The number of aliphatic hydroxyl groups excluding tert-OH is 5. The zero-order chi connectivity index (χ0) is 23.9. The van der Waals surface area contributed by atoms with Crippen LogP contribution in [0.25, 0.3) is 0 Å². The van der Waals surface area contributed by atoms with E-state index in [1.807, 2.05) is 0 Å². The maximum absolute atomic E-state index is 12.3. The monoisotopic (exact) mass is 454 g/mol. The summed E-state index contributed by atoms with van der Waals surface area (Å²) in [7, 11) is 0. The molecule has 0 spiro atoms. The highest BCUT2D eigenvalue weighted by Crippen LogP contribution is 2.42. The molecule has 11 atom stereocenters. The van der Waals surface area contributed by atoms with E-state index in [2.05, 4.69) is 0 Å². The van der Waals surface area contributed by atoms with Crippen LogP contribution in [0.1, 0.15) is 13.8 Å². The summed E-state index contributed by atoms with van der Waals surface area (Å²) >= 11 is 0. The molecule has 2 aliphatic heterocycles. The molecule has 11 N–H and O–H groups in total. The van der Waals surface area contributed by atoms with Gasteiger partial charge in [0.05, 0.1) is 19.3 Å². The summed E-state index contributed by atoms with van der Waals surface area (Å²) in [5.41, 5.74) is 9.66. The molecule has 0 radical (unpaired) electrons. The van der Waals surface area contributed by atoms with E-state index in [1.54, 1.807) is 0 Å². The summed E-state index contributed by atoms with van der Waals surface area (Å²) in [6, 6.07) is -1.58. The molecule has 2 rings (SSSR count). The Morgan fingerprint density at radius 1 is 1.13 bits per heavy atom. The lowest BCUT2D eigenvalue weighted by molar-refractivity contribution is -0.352.